The van der Waals surface area contributed by atoms with E-state index >= 15 is 0 Å². The quantitative estimate of drug-likeness (QED) is 0.773. The third kappa shape index (κ3) is 3.59. The van der Waals surface area contributed by atoms with Gasteiger partial charge in [-0.05, 0) is 23.8 Å². The number of aromatic nitrogens is 1. The number of nitrogens with zero attached hydrogens (tertiary/aromatic N) is 3. The predicted octanol–water partition coefficient (Wildman–Crippen LogP) is 0.831. The zero-order valence-corrected chi connectivity index (χ0v) is 15.3. The topological polar surface area (TPSA) is 91.8 Å². The van der Waals surface area contributed by atoms with E-state index in [1.54, 1.807) is 30.5 Å². The van der Waals surface area contributed by atoms with Crippen LogP contribution in [0.1, 0.15) is 26.3 Å². The fraction of sp³-hybridized carbons (Fsp3) is 0.300. The smallest absolute Gasteiger partial charge is 0.262 e. The van der Waals surface area contributed by atoms with E-state index in [1.165, 1.54) is 0 Å². The fourth-order valence-electron chi connectivity index (χ4n) is 3.28. The van der Waals surface area contributed by atoms with Gasteiger partial charge in [-0.1, -0.05) is 18.2 Å². The van der Waals surface area contributed by atoms with Crippen LogP contribution in [0.5, 0.6) is 0 Å². The van der Waals surface area contributed by atoms with E-state index in [2.05, 4.69) is 15.2 Å². The second kappa shape index (κ2) is 7.77. The Morgan fingerprint density at radius 3 is 2.32 bits per heavy atom. The van der Waals surface area contributed by atoms with Crippen LogP contribution in [-0.4, -0.2) is 60.5 Å². The van der Waals surface area contributed by atoms with Crippen molar-refractivity contribution in [3.8, 4) is 0 Å². The molecule has 1 saturated heterocycles. The number of imide groups is 1. The third-order valence-electron chi connectivity index (χ3n) is 4.81. The maximum atomic E-state index is 12.3. The molecular weight excluding hydrogens is 360 g/mol. The zero-order chi connectivity index (χ0) is 19.5. The molecule has 0 spiro atoms. The highest BCUT2D eigenvalue weighted by Crippen LogP contribution is 2.22. The fourth-order valence-corrected chi connectivity index (χ4v) is 3.28. The van der Waals surface area contributed by atoms with Crippen LogP contribution in [0, 0.1) is 0 Å². The Kier molecular flexibility index (Phi) is 5.03. The minimum atomic E-state index is -0.438. The zero-order valence-electron chi connectivity index (χ0n) is 15.3. The number of anilines is 1. The SMILES string of the molecule is O=C(CN1C(=O)c2ccccc2C1=O)NCc1ccc(N2CCOCC2)nc1. The van der Waals surface area contributed by atoms with E-state index in [4.69, 9.17) is 4.74 Å². The van der Waals surface area contributed by atoms with Gasteiger partial charge in [0.2, 0.25) is 5.91 Å². The van der Waals surface area contributed by atoms with E-state index < -0.39 is 17.7 Å². The molecule has 8 nitrogen and oxygen atoms in total. The molecular formula is C20H20N4O4. The van der Waals surface area contributed by atoms with Crippen LogP contribution in [0.2, 0.25) is 0 Å². The molecule has 0 bridgehead atoms. The minimum absolute atomic E-state index is 0.276. The molecule has 0 atom stereocenters. The van der Waals surface area contributed by atoms with E-state index in [-0.39, 0.29) is 13.1 Å². The molecule has 2 aliphatic rings. The molecule has 2 aromatic rings. The van der Waals surface area contributed by atoms with Crippen molar-refractivity contribution in [2.45, 2.75) is 6.54 Å². The molecule has 144 valence electrons. The van der Waals surface area contributed by atoms with Gasteiger partial charge in [0, 0.05) is 25.8 Å². The molecule has 1 aromatic heterocycles. The van der Waals surface area contributed by atoms with Gasteiger partial charge in [-0.15, -0.1) is 0 Å². The highest BCUT2D eigenvalue weighted by atomic mass is 16.5. The molecule has 2 aliphatic heterocycles. The number of pyridine rings is 1. The van der Waals surface area contributed by atoms with E-state index in [9.17, 15) is 14.4 Å². The molecule has 1 N–H and O–H groups in total. The Morgan fingerprint density at radius 2 is 1.71 bits per heavy atom. The van der Waals surface area contributed by atoms with Crippen molar-refractivity contribution in [2.24, 2.45) is 0 Å². The Balaban J connectivity index is 1.31. The number of benzene rings is 1. The third-order valence-corrected chi connectivity index (χ3v) is 4.81. The molecule has 3 amide bonds. The van der Waals surface area contributed by atoms with Gasteiger partial charge in [0.1, 0.15) is 12.4 Å². The van der Waals surface area contributed by atoms with Crippen molar-refractivity contribution in [2.75, 3.05) is 37.7 Å². The first-order valence-corrected chi connectivity index (χ1v) is 9.13. The first kappa shape index (κ1) is 18.1. The second-order valence-corrected chi connectivity index (χ2v) is 6.64. The number of carbonyl (C=O) groups excluding carboxylic acids is 3. The predicted molar refractivity (Wildman–Crippen MR) is 101 cm³/mol. The molecule has 28 heavy (non-hydrogen) atoms. The van der Waals surface area contributed by atoms with Gasteiger partial charge in [-0.25, -0.2) is 4.98 Å². The van der Waals surface area contributed by atoms with E-state index in [0.29, 0.717) is 24.3 Å². The molecule has 1 fully saturated rings. The lowest BCUT2D eigenvalue weighted by atomic mass is 10.1. The molecule has 1 aromatic carbocycles. The van der Waals surface area contributed by atoms with Crippen molar-refractivity contribution in [1.82, 2.24) is 15.2 Å². The largest absolute Gasteiger partial charge is 0.378 e. The van der Waals surface area contributed by atoms with Gasteiger partial charge in [-0.3, -0.25) is 19.3 Å². The maximum absolute atomic E-state index is 12.3. The molecule has 0 saturated carbocycles. The van der Waals surface area contributed by atoms with Crippen LogP contribution in [0.3, 0.4) is 0 Å². The number of ether oxygens (including phenoxy) is 1. The minimum Gasteiger partial charge on any atom is -0.378 e. The highest BCUT2D eigenvalue weighted by Gasteiger charge is 2.36. The van der Waals surface area contributed by atoms with Gasteiger partial charge in [0.15, 0.2) is 0 Å². The Bertz CT molecular complexity index is 872. The molecule has 4 rings (SSSR count). The summed E-state index contributed by atoms with van der Waals surface area (Å²) in [5, 5.41) is 2.73. The van der Waals surface area contributed by atoms with E-state index in [1.807, 2.05) is 12.1 Å². The highest BCUT2D eigenvalue weighted by molar-refractivity contribution is 6.22. The van der Waals surface area contributed by atoms with Gasteiger partial charge in [0.25, 0.3) is 11.8 Å². The van der Waals surface area contributed by atoms with Crippen LogP contribution in [0.4, 0.5) is 5.82 Å². The molecule has 0 radical (unpaired) electrons. The summed E-state index contributed by atoms with van der Waals surface area (Å²) in [6.07, 6.45) is 1.72. The number of carbonyl (C=O) groups is 3. The lowest BCUT2D eigenvalue weighted by Gasteiger charge is -2.27. The molecule has 3 heterocycles. The van der Waals surface area contributed by atoms with Crippen molar-refractivity contribution in [3.05, 3.63) is 59.3 Å². The Hall–Kier alpha value is -3.26. The van der Waals surface area contributed by atoms with E-state index in [0.717, 1.165) is 29.4 Å². The van der Waals surface area contributed by atoms with Gasteiger partial charge in [-0.2, -0.15) is 0 Å². The van der Waals surface area contributed by atoms with Crippen LogP contribution in [0.25, 0.3) is 0 Å². The summed E-state index contributed by atoms with van der Waals surface area (Å²) in [5.74, 6) is -0.393. The average Bonchev–Trinajstić information content (AvgIpc) is 2.98. The Labute approximate surface area is 162 Å². The molecule has 0 aliphatic carbocycles. The lowest BCUT2D eigenvalue weighted by molar-refractivity contribution is -0.121. The first-order valence-electron chi connectivity index (χ1n) is 9.13. The summed E-state index contributed by atoms with van der Waals surface area (Å²) in [7, 11) is 0. The number of amides is 3. The summed E-state index contributed by atoms with van der Waals surface area (Å²) in [6, 6.07) is 10.4. The summed E-state index contributed by atoms with van der Waals surface area (Å²) >= 11 is 0. The van der Waals surface area contributed by atoms with Crippen molar-refractivity contribution < 1.29 is 19.1 Å². The second-order valence-electron chi connectivity index (χ2n) is 6.64. The summed E-state index contributed by atoms with van der Waals surface area (Å²) in [5.41, 5.74) is 1.51. The maximum Gasteiger partial charge on any atom is 0.262 e. The van der Waals surface area contributed by atoms with Crippen LogP contribution in [-0.2, 0) is 16.1 Å². The van der Waals surface area contributed by atoms with Gasteiger partial charge < -0.3 is 15.0 Å². The number of hydrogen-bond donors (Lipinski definition) is 1. The van der Waals surface area contributed by atoms with Crippen molar-refractivity contribution >= 4 is 23.5 Å². The summed E-state index contributed by atoms with van der Waals surface area (Å²) in [6.45, 7) is 2.98. The number of rotatable bonds is 5. The summed E-state index contributed by atoms with van der Waals surface area (Å²) in [4.78, 5) is 44.4. The van der Waals surface area contributed by atoms with Crippen LogP contribution < -0.4 is 10.2 Å². The normalized spacial score (nSPS) is 16.3. The van der Waals surface area contributed by atoms with Crippen LogP contribution >= 0.6 is 0 Å². The Morgan fingerprint density at radius 1 is 1.04 bits per heavy atom. The van der Waals surface area contributed by atoms with Gasteiger partial charge >= 0.3 is 0 Å². The monoisotopic (exact) mass is 380 g/mol. The van der Waals surface area contributed by atoms with Gasteiger partial charge in [0.05, 0.1) is 24.3 Å². The molecule has 8 heteroatoms. The standard InChI is InChI=1S/C20H20N4O4/c25-18(13-24-19(26)15-3-1-2-4-16(15)20(24)27)22-12-14-5-6-17(21-11-14)23-7-9-28-10-8-23/h1-6,11H,7-10,12-13H2,(H,22,25). The average molecular weight is 380 g/mol. The summed E-state index contributed by atoms with van der Waals surface area (Å²) < 4.78 is 5.33. The number of nitrogens with one attached hydrogen (secondary N) is 1. The number of fused-ring (bicyclic) bond motifs is 1. The molecule has 0 unspecified atom stereocenters. The van der Waals surface area contributed by atoms with Crippen LogP contribution in [0.15, 0.2) is 42.6 Å². The first-order chi connectivity index (χ1) is 13.6. The number of morpholine rings is 1. The number of hydrogen-bond acceptors (Lipinski definition) is 6. The lowest BCUT2D eigenvalue weighted by Crippen LogP contribution is -2.40. The van der Waals surface area contributed by atoms with Crippen molar-refractivity contribution in [1.29, 1.82) is 0 Å². The van der Waals surface area contributed by atoms with Crippen molar-refractivity contribution in [3.63, 3.8) is 0 Å².